The molecule has 3 heterocycles. The second-order valence-electron chi connectivity index (χ2n) is 7.19. The van der Waals surface area contributed by atoms with Crippen LogP contribution in [0.3, 0.4) is 0 Å². The zero-order valence-corrected chi connectivity index (χ0v) is 15.5. The molecular formula is C23H17F2N3O. The normalized spacial score (nSPS) is 16.1. The molecule has 1 amide bonds. The highest BCUT2D eigenvalue weighted by Gasteiger charge is 2.33. The van der Waals surface area contributed by atoms with E-state index in [1.807, 2.05) is 30.3 Å². The van der Waals surface area contributed by atoms with Crippen molar-refractivity contribution in [2.75, 3.05) is 13.1 Å². The van der Waals surface area contributed by atoms with Crippen LogP contribution in [-0.2, 0) is 11.3 Å². The Morgan fingerprint density at radius 2 is 1.90 bits per heavy atom. The number of aromatic nitrogens is 1. The summed E-state index contributed by atoms with van der Waals surface area (Å²) in [4.78, 5) is 22.6. The fraction of sp³-hybridized carbons (Fsp3) is 0.174. The molecule has 2 aliphatic rings. The third-order valence-electron chi connectivity index (χ3n) is 5.40. The van der Waals surface area contributed by atoms with Crippen molar-refractivity contribution in [2.24, 2.45) is 4.99 Å². The second kappa shape index (κ2) is 6.88. The second-order valence-corrected chi connectivity index (χ2v) is 7.19. The molecule has 3 aromatic rings. The van der Waals surface area contributed by atoms with Crippen molar-refractivity contribution in [3.8, 4) is 11.1 Å². The molecule has 4 nitrogen and oxygen atoms in total. The number of fused-ring (bicyclic) bond motifs is 2. The van der Waals surface area contributed by atoms with Crippen molar-refractivity contribution >= 4 is 22.5 Å². The van der Waals surface area contributed by atoms with E-state index in [1.165, 1.54) is 17.0 Å². The summed E-state index contributed by atoms with van der Waals surface area (Å²) in [6.45, 7) is 0.821. The van der Waals surface area contributed by atoms with E-state index in [9.17, 15) is 13.6 Å². The lowest BCUT2D eigenvalue weighted by atomic mass is 9.98. The summed E-state index contributed by atoms with van der Waals surface area (Å²) in [6, 6.07) is 11.8. The zero-order valence-electron chi connectivity index (χ0n) is 15.5. The van der Waals surface area contributed by atoms with Crippen LogP contribution in [0, 0.1) is 11.6 Å². The minimum atomic E-state index is -0.667. The van der Waals surface area contributed by atoms with Crippen LogP contribution in [0.2, 0.25) is 0 Å². The standard InChI is InChI=1S/C23H17F2N3O/c24-19-10-14(15-4-1-7-21-16(15)5-2-8-26-21)11-20(25)18(19)12-28-13-22-17(23(28)29)6-3-9-27-22/h1-2,4-8,10-11H,3,9,12-13H2. The molecule has 29 heavy (non-hydrogen) atoms. The number of likely N-dealkylation sites (tertiary alicyclic amines) is 1. The largest absolute Gasteiger partial charge is 0.328 e. The van der Waals surface area contributed by atoms with Gasteiger partial charge >= 0.3 is 0 Å². The highest BCUT2D eigenvalue weighted by Crippen LogP contribution is 2.31. The molecule has 0 unspecified atom stereocenters. The van der Waals surface area contributed by atoms with Gasteiger partial charge in [-0.3, -0.25) is 14.8 Å². The number of nitrogens with zero attached hydrogens (tertiary/aromatic N) is 3. The van der Waals surface area contributed by atoms with Crippen LogP contribution in [0.25, 0.3) is 22.0 Å². The maximum absolute atomic E-state index is 14.9. The highest BCUT2D eigenvalue weighted by atomic mass is 19.1. The number of hydrogen-bond donors (Lipinski definition) is 0. The summed E-state index contributed by atoms with van der Waals surface area (Å²) in [5.41, 5.74) is 3.08. The Labute approximate surface area is 166 Å². The van der Waals surface area contributed by atoms with E-state index in [4.69, 9.17) is 0 Å². The number of rotatable bonds is 3. The van der Waals surface area contributed by atoms with Crippen molar-refractivity contribution in [2.45, 2.75) is 13.0 Å². The van der Waals surface area contributed by atoms with Gasteiger partial charge in [-0.1, -0.05) is 24.3 Å². The fourth-order valence-corrected chi connectivity index (χ4v) is 3.96. The first-order valence-electron chi connectivity index (χ1n) is 9.47. The Morgan fingerprint density at radius 1 is 1.07 bits per heavy atom. The average Bonchev–Trinajstić information content (AvgIpc) is 3.06. The van der Waals surface area contributed by atoms with Crippen molar-refractivity contribution in [3.05, 3.63) is 77.5 Å². The maximum atomic E-state index is 14.9. The van der Waals surface area contributed by atoms with Gasteiger partial charge in [-0.15, -0.1) is 0 Å². The zero-order chi connectivity index (χ0) is 20.0. The Morgan fingerprint density at radius 3 is 2.69 bits per heavy atom. The molecule has 1 saturated heterocycles. The monoisotopic (exact) mass is 389 g/mol. The van der Waals surface area contributed by atoms with E-state index >= 15 is 0 Å². The van der Waals surface area contributed by atoms with E-state index in [1.54, 1.807) is 12.3 Å². The van der Waals surface area contributed by atoms with Gasteiger partial charge in [0.05, 0.1) is 29.9 Å². The molecule has 2 aromatic carbocycles. The average molecular weight is 389 g/mol. The molecule has 0 spiro atoms. The lowest BCUT2D eigenvalue weighted by Crippen LogP contribution is -2.26. The van der Waals surface area contributed by atoms with Gasteiger partial charge < -0.3 is 4.90 Å². The third kappa shape index (κ3) is 3.01. The van der Waals surface area contributed by atoms with Crippen molar-refractivity contribution < 1.29 is 13.6 Å². The lowest BCUT2D eigenvalue weighted by Gasteiger charge is -2.17. The van der Waals surface area contributed by atoms with E-state index in [-0.39, 0.29) is 18.0 Å². The van der Waals surface area contributed by atoms with E-state index < -0.39 is 11.6 Å². The van der Waals surface area contributed by atoms with Crippen LogP contribution >= 0.6 is 0 Å². The first-order valence-corrected chi connectivity index (χ1v) is 9.47. The van der Waals surface area contributed by atoms with Crippen molar-refractivity contribution in [1.29, 1.82) is 0 Å². The summed E-state index contributed by atoms with van der Waals surface area (Å²) in [6.07, 6.45) is 4.26. The summed E-state index contributed by atoms with van der Waals surface area (Å²) in [5.74, 6) is -1.55. The Hall–Kier alpha value is -3.41. The lowest BCUT2D eigenvalue weighted by molar-refractivity contribution is -0.125. The first kappa shape index (κ1) is 17.7. The number of benzene rings is 2. The van der Waals surface area contributed by atoms with Crippen LogP contribution < -0.4 is 0 Å². The summed E-state index contributed by atoms with van der Waals surface area (Å²) >= 11 is 0. The topological polar surface area (TPSA) is 45.6 Å². The minimum absolute atomic E-state index is 0.111. The summed E-state index contributed by atoms with van der Waals surface area (Å²) in [7, 11) is 0. The van der Waals surface area contributed by atoms with Gasteiger partial charge in [0.1, 0.15) is 11.6 Å². The minimum Gasteiger partial charge on any atom is -0.328 e. The van der Waals surface area contributed by atoms with E-state index in [2.05, 4.69) is 9.98 Å². The molecule has 0 bridgehead atoms. The Kier molecular flexibility index (Phi) is 4.19. The van der Waals surface area contributed by atoms with Gasteiger partial charge in [-0.25, -0.2) is 8.78 Å². The first-order chi connectivity index (χ1) is 14.1. The molecule has 0 aliphatic carbocycles. The van der Waals surface area contributed by atoms with Gasteiger partial charge in [0.25, 0.3) is 5.91 Å². The number of aliphatic imine (C=N–C) groups is 1. The molecule has 144 valence electrons. The van der Waals surface area contributed by atoms with Crippen molar-refractivity contribution in [3.63, 3.8) is 0 Å². The maximum Gasteiger partial charge on any atom is 0.256 e. The van der Waals surface area contributed by atoms with Gasteiger partial charge in [0.15, 0.2) is 0 Å². The number of hydrogen-bond acceptors (Lipinski definition) is 3. The molecule has 0 N–H and O–H groups in total. The molecule has 5 rings (SSSR count). The highest BCUT2D eigenvalue weighted by molar-refractivity contribution is 6.27. The van der Waals surface area contributed by atoms with Crippen LogP contribution in [0.4, 0.5) is 8.78 Å². The smallest absolute Gasteiger partial charge is 0.256 e. The van der Waals surface area contributed by atoms with E-state index in [0.29, 0.717) is 35.5 Å². The fourth-order valence-electron chi connectivity index (χ4n) is 3.96. The molecule has 2 aliphatic heterocycles. The van der Waals surface area contributed by atoms with Crippen molar-refractivity contribution in [1.82, 2.24) is 9.88 Å². The summed E-state index contributed by atoms with van der Waals surface area (Å²) < 4.78 is 29.8. The molecular weight excluding hydrogens is 372 g/mol. The van der Waals surface area contributed by atoms with Gasteiger partial charge in [0, 0.05) is 23.7 Å². The molecule has 0 saturated carbocycles. The summed E-state index contributed by atoms with van der Waals surface area (Å²) in [5, 5.41) is 0.824. The predicted molar refractivity (Wildman–Crippen MR) is 108 cm³/mol. The van der Waals surface area contributed by atoms with Crippen LogP contribution in [0.15, 0.2) is 65.3 Å². The molecule has 1 aromatic heterocycles. The Bertz CT molecular complexity index is 1190. The van der Waals surface area contributed by atoms with Crippen LogP contribution in [0.1, 0.15) is 12.0 Å². The third-order valence-corrected chi connectivity index (χ3v) is 5.40. The molecule has 0 radical (unpaired) electrons. The van der Waals surface area contributed by atoms with Gasteiger partial charge in [-0.05, 0) is 41.8 Å². The number of pyridine rings is 1. The number of amides is 1. The number of carbonyl (C=O) groups excluding carboxylic acids is 1. The van der Waals surface area contributed by atoms with Crippen LogP contribution in [-0.4, -0.2) is 34.6 Å². The quantitative estimate of drug-likeness (QED) is 0.671. The van der Waals surface area contributed by atoms with Gasteiger partial charge in [-0.2, -0.15) is 0 Å². The number of dihydropyridines is 1. The number of halogens is 2. The van der Waals surface area contributed by atoms with Crippen LogP contribution in [0.5, 0.6) is 0 Å². The molecule has 0 atom stereocenters. The Balaban J connectivity index is 1.50. The predicted octanol–water partition coefficient (Wildman–Crippen LogP) is 4.29. The SMILES string of the molecule is O=C1C2=CCCN=C2CN1Cc1c(F)cc(-c2cccc3ncccc23)cc1F. The number of carbonyl (C=O) groups is 1. The molecule has 6 heteroatoms. The van der Waals surface area contributed by atoms with E-state index in [0.717, 1.165) is 17.3 Å². The molecule has 1 fully saturated rings. The van der Waals surface area contributed by atoms with Gasteiger partial charge in [0.2, 0.25) is 0 Å².